The summed E-state index contributed by atoms with van der Waals surface area (Å²) in [7, 11) is 0. The molecule has 0 spiro atoms. The highest BCUT2D eigenvalue weighted by Gasteiger charge is 2.13. The Labute approximate surface area is 188 Å². The number of hydrogen-bond donors (Lipinski definition) is 3. The van der Waals surface area contributed by atoms with Gasteiger partial charge in [0.05, 0.1) is 22.0 Å². The van der Waals surface area contributed by atoms with Crippen molar-refractivity contribution < 1.29 is 14.0 Å². The topological polar surface area (TPSA) is 96.3 Å². The van der Waals surface area contributed by atoms with Crippen LogP contribution in [0.3, 0.4) is 0 Å². The molecule has 0 bridgehead atoms. The van der Waals surface area contributed by atoms with Gasteiger partial charge in [0.1, 0.15) is 0 Å². The Morgan fingerprint density at radius 3 is 2.63 bits per heavy atom. The van der Waals surface area contributed by atoms with Gasteiger partial charge in [-0.3, -0.25) is 20.2 Å². The summed E-state index contributed by atoms with van der Waals surface area (Å²) in [5.41, 5.74) is 1.90. The Morgan fingerprint density at radius 2 is 1.87 bits per heavy atom. The number of thiocarbonyl (C=S) groups is 1. The van der Waals surface area contributed by atoms with Crippen LogP contribution in [0.1, 0.15) is 20.9 Å². The number of carbonyl (C=O) groups is 2. The van der Waals surface area contributed by atoms with Crippen LogP contribution in [0.4, 0.5) is 10.8 Å². The largest absolute Gasteiger partial charge is 0.459 e. The fourth-order valence-corrected chi connectivity index (χ4v) is 4.18. The van der Waals surface area contributed by atoms with Gasteiger partial charge in [-0.05, 0) is 70.6 Å². The van der Waals surface area contributed by atoms with Gasteiger partial charge in [-0.1, -0.05) is 23.5 Å². The number of rotatable bonds is 4. The van der Waals surface area contributed by atoms with E-state index in [2.05, 4.69) is 36.9 Å². The predicted octanol–water partition coefficient (Wildman–Crippen LogP) is 5.03. The normalized spacial score (nSPS) is 10.6. The smallest absolute Gasteiger partial charge is 0.293 e. The average Bonchev–Trinajstić information content (AvgIpc) is 3.37. The number of furan rings is 1. The minimum atomic E-state index is -0.367. The first kappa shape index (κ1) is 20.2. The first-order chi connectivity index (χ1) is 14.5. The molecule has 2 aromatic carbocycles. The summed E-state index contributed by atoms with van der Waals surface area (Å²) < 4.78 is 6.60. The van der Waals surface area contributed by atoms with Crippen LogP contribution in [0, 0.1) is 0 Å². The molecule has 7 nitrogen and oxygen atoms in total. The van der Waals surface area contributed by atoms with Gasteiger partial charge < -0.3 is 9.73 Å². The van der Waals surface area contributed by atoms with Gasteiger partial charge in [-0.2, -0.15) is 0 Å². The van der Waals surface area contributed by atoms with E-state index < -0.39 is 0 Å². The molecule has 0 aliphatic carbocycles. The van der Waals surface area contributed by atoms with Crippen LogP contribution in [-0.4, -0.2) is 21.9 Å². The number of aromatic nitrogens is 1. The van der Waals surface area contributed by atoms with Crippen LogP contribution < -0.4 is 16.0 Å². The molecule has 0 aliphatic rings. The second-order valence-corrected chi connectivity index (χ2v) is 8.31. The minimum absolute atomic E-state index is 0.172. The third-order valence-corrected chi connectivity index (χ3v) is 5.79. The maximum atomic E-state index is 12.4. The Kier molecular flexibility index (Phi) is 5.88. The number of halogens is 1. The third kappa shape index (κ3) is 4.56. The molecule has 0 aliphatic heterocycles. The van der Waals surface area contributed by atoms with Gasteiger partial charge in [0, 0.05) is 10.2 Å². The number of fused-ring (bicyclic) bond motifs is 1. The molecule has 2 aromatic heterocycles. The van der Waals surface area contributed by atoms with Crippen molar-refractivity contribution in [3.63, 3.8) is 0 Å². The molecular formula is C20H13BrN4O3S2. The SMILES string of the molecule is O=C(Nc1nc2ccc(NC(=S)NC(=O)c3ccccc3Br)cc2s1)c1ccco1. The summed E-state index contributed by atoms with van der Waals surface area (Å²) in [6.07, 6.45) is 1.43. The molecule has 0 saturated carbocycles. The van der Waals surface area contributed by atoms with E-state index in [-0.39, 0.29) is 22.7 Å². The molecule has 10 heteroatoms. The summed E-state index contributed by atoms with van der Waals surface area (Å²) in [6, 6.07) is 15.7. The Bertz CT molecular complexity index is 1250. The molecule has 3 N–H and O–H groups in total. The van der Waals surface area contributed by atoms with Crippen LogP contribution >= 0.6 is 39.5 Å². The second-order valence-electron chi connectivity index (χ2n) is 6.02. The zero-order chi connectivity index (χ0) is 21.1. The molecule has 0 radical (unpaired) electrons. The van der Waals surface area contributed by atoms with Gasteiger partial charge in [0.25, 0.3) is 11.8 Å². The highest BCUT2D eigenvalue weighted by molar-refractivity contribution is 9.10. The van der Waals surface area contributed by atoms with Gasteiger partial charge in [0.15, 0.2) is 16.0 Å². The number of amides is 2. The zero-order valence-corrected chi connectivity index (χ0v) is 18.4. The van der Waals surface area contributed by atoms with Crippen LogP contribution in [0.15, 0.2) is 69.8 Å². The van der Waals surface area contributed by atoms with Crippen molar-refractivity contribution in [1.29, 1.82) is 0 Å². The van der Waals surface area contributed by atoms with Crippen LogP contribution in [0.25, 0.3) is 10.2 Å². The van der Waals surface area contributed by atoms with E-state index in [4.69, 9.17) is 16.6 Å². The van der Waals surface area contributed by atoms with E-state index in [1.165, 1.54) is 17.6 Å². The lowest BCUT2D eigenvalue weighted by atomic mass is 10.2. The Morgan fingerprint density at radius 1 is 1.03 bits per heavy atom. The molecule has 0 saturated heterocycles. The van der Waals surface area contributed by atoms with E-state index in [1.807, 2.05) is 12.1 Å². The van der Waals surface area contributed by atoms with E-state index in [9.17, 15) is 9.59 Å². The number of benzene rings is 2. The van der Waals surface area contributed by atoms with E-state index in [0.717, 1.165) is 10.2 Å². The first-order valence-corrected chi connectivity index (χ1v) is 10.6. The highest BCUT2D eigenvalue weighted by atomic mass is 79.9. The van der Waals surface area contributed by atoms with Crippen LogP contribution in [0.2, 0.25) is 0 Å². The average molecular weight is 501 g/mol. The van der Waals surface area contributed by atoms with Crippen molar-refractivity contribution in [2.45, 2.75) is 0 Å². The van der Waals surface area contributed by atoms with Crippen molar-refractivity contribution in [2.24, 2.45) is 0 Å². The molecule has 0 fully saturated rings. The lowest BCUT2D eigenvalue weighted by molar-refractivity contribution is 0.0974. The lowest BCUT2D eigenvalue weighted by Crippen LogP contribution is -2.34. The molecule has 2 amide bonds. The monoisotopic (exact) mass is 500 g/mol. The van der Waals surface area contributed by atoms with Gasteiger partial charge in [-0.15, -0.1) is 0 Å². The molecule has 2 heterocycles. The van der Waals surface area contributed by atoms with E-state index in [1.54, 1.807) is 42.5 Å². The number of nitrogens with one attached hydrogen (secondary N) is 3. The number of carbonyl (C=O) groups excluding carboxylic acids is 2. The van der Waals surface area contributed by atoms with Gasteiger partial charge >= 0.3 is 0 Å². The van der Waals surface area contributed by atoms with Crippen LogP contribution in [-0.2, 0) is 0 Å². The van der Waals surface area contributed by atoms with E-state index >= 15 is 0 Å². The van der Waals surface area contributed by atoms with Crippen molar-refractivity contribution in [2.75, 3.05) is 10.6 Å². The summed E-state index contributed by atoms with van der Waals surface area (Å²) >= 11 is 9.91. The molecule has 150 valence electrons. The summed E-state index contributed by atoms with van der Waals surface area (Å²) in [4.78, 5) is 28.8. The van der Waals surface area contributed by atoms with Crippen LogP contribution in [0.5, 0.6) is 0 Å². The quantitative estimate of drug-likeness (QED) is 0.340. The fraction of sp³-hybridized carbons (Fsp3) is 0. The standard InChI is InChI=1S/C20H13BrN4O3S2/c21-13-5-2-1-4-12(13)17(26)24-19(29)22-11-7-8-14-16(10-11)30-20(23-14)25-18(27)15-6-3-9-28-15/h1-10H,(H,23,25,27)(H2,22,24,26,29). The van der Waals surface area contributed by atoms with Crippen molar-refractivity contribution >= 4 is 77.4 Å². The molecule has 30 heavy (non-hydrogen) atoms. The number of hydrogen-bond acceptors (Lipinski definition) is 6. The zero-order valence-electron chi connectivity index (χ0n) is 15.1. The summed E-state index contributed by atoms with van der Waals surface area (Å²) in [5.74, 6) is -0.474. The molecule has 0 atom stereocenters. The minimum Gasteiger partial charge on any atom is -0.459 e. The molecule has 4 aromatic rings. The first-order valence-electron chi connectivity index (χ1n) is 8.62. The van der Waals surface area contributed by atoms with E-state index in [0.29, 0.717) is 20.9 Å². The molecule has 4 rings (SSSR count). The van der Waals surface area contributed by atoms with Gasteiger partial charge in [-0.25, -0.2) is 4.98 Å². The third-order valence-electron chi connectivity index (χ3n) is 3.96. The highest BCUT2D eigenvalue weighted by Crippen LogP contribution is 2.28. The number of anilines is 2. The maximum Gasteiger partial charge on any atom is 0.293 e. The summed E-state index contributed by atoms with van der Waals surface area (Å²) in [5, 5.41) is 8.97. The summed E-state index contributed by atoms with van der Waals surface area (Å²) in [6.45, 7) is 0. The van der Waals surface area contributed by atoms with Crippen molar-refractivity contribution in [3.05, 3.63) is 76.7 Å². The Hall–Kier alpha value is -3.08. The molecule has 0 unspecified atom stereocenters. The lowest BCUT2D eigenvalue weighted by Gasteiger charge is -2.10. The predicted molar refractivity (Wildman–Crippen MR) is 124 cm³/mol. The molecular weight excluding hydrogens is 488 g/mol. The maximum absolute atomic E-state index is 12.4. The number of nitrogens with zero attached hydrogens (tertiary/aromatic N) is 1. The number of thiazole rings is 1. The van der Waals surface area contributed by atoms with Crippen molar-refractivity contribution in [1.82, 2.24) is 10.3 Å². The van der Waals surface area contributed by atoms with Gasteiger partial charge in [0.2, 0.25) is 0 Å². The fourth-order valence-electron chi connectivity index (χ4n) is 2.60. The van der Waals surface area contributed by atoms with Crippen molar-refractivity contribution in [3.8, 4) is 0 Å². The Balaban J connectivity index is 1.43. The second kappa shape index (κ2) is 8.74.